The van der Waals surface area contributed by atoms with Gasteiger partial charge in [0.05, 0.1) is 8.07 Å². The van der Waals surface area contributed by atoms with Crippen molar-refractivity contribution in [2.75, 3.05) is 0 Å². The van der Waals surface area contributed by atoms with E-state index in [9.17, 15) is 9.90 Å². The Balaban J connectivity index is 2.55. The molecule has 1 aliphatic rings. The molecule has 1 aromatic carbocycles. The first-order valence-electron chi connectivity index (χ1n) is 6.53. The minimum atomic E-state index is -1.52. The van der Waals surface area contributed by atoms with Crippen LogP contribution in [0.15, 0.2) is 52.9 Å². The van der Waals surface area contributed by atoms with Gasteiger partial charge < -0.3 is 5.11 Å². The van der Waals surface area contributed by atoms with Gasteiger partial charge in [0.25, 0.3) is 0 Å². The molecule has 1 unspecified atom stereocenters. The molecule has 1 N–H and O–H groups in total. The Kier molecular flexibility index (Phi) is 3.50. The topological polar surface area (TPSA) is 37.3 Å². The highest BCUT2D eigenvalue weighted by atomic mass is 28.3. The number of carbonyl (C=O) groups excluding carboxylic acids is 1. The number of hydrogen-bond donors (Lipinski definition) is 1. The predicted octanol–water partition coefficient (Wildman–Crippen LogP) is 3.99. The molecule has 0 saturated heterocycles. The van der Waals surface area contributed by atoms with Crippen molar-refractivity contribution < 1.29 is 9.90 Å². The lowest BCUT2D eigenvalue weighted by atomic mass is 9.90. The quantitative estimate of drug-likeness (QED) is 0.653. The van der Waals surface area contributed by atoms with E-state index in [1.54, 1.807) is 0 Å². The zero-order valence-corrected chi connectivity index (χ0v) is 12.9. The molecule has 100 valence electrons. The predicted molar refractivity (Wildman–Crippen MR) is 80.9 cm³/mol. The van der Waals surface area contributed by atoms with Crippen LogP contribution in [0.5, 0.6) is 0 Å². The molecular formula is C16H20O2Si. The summed E-state index contributed by atoms with van der Waals surface area (Å²) in [5, 5.41) is 9.97. The third kappa shape index (κ3) is 2.71. The Labute approximate surface area is 115 Å². The van der Waals surface area contributed by atoms with Gasteiger partial charge in [-0.25, -0.2) is 0 Å². The second-order valence-corrected chi connectivity index (χ2v) is 11.2. The molecule has 0 spiro atoms. The molecule has 2 nitrogen and oxygen atoms in total. The molecule has 0 fully saturated rings. The molecule has 0 aliphatic heterocycles. The number of Topliss-reactive ketones (excluding diaryl/α,β-unsaturated/α-hetero) is 1. The fraction of sp³-hybridized carbons (Fsp3) is 0.312. The van der Waals surface area contributed by atoms with Crippen molar-refractivity contribution >= 4 is 13.9 Å². The highest BCUT2D eigenvalue weighted by Crippen LogP contribution is 2.41. The van der Waals surface area contributed by atoms with Gasteiger partial charge in [-0.15, -0.1) is 0 Å². The summed E-state index contributed by atoms with van der Waals surface area (Å²) in [6, 6.07) is 9.92. The summed E-state index contributed by atoms with van der Waals surface area (Å²) in [6.07, 6.45) is 0. The van der Waals surface area contributed by atoms with Gasteiger partial charge in [0.15, 0.2) is 5.76 Å². The molecule has 0 amide bonds. The van der Waals surface area contributed by atoms with Crippen molar-refractivity contribution in [2.45, 2.75) is 32.5 Å². The lowest BCUT2D eigenvalue weighted by Gasteiger charge is -2.17. The van der Waals surface area contributed by atoms with Gasteiger partial charge in [0.1, 0.15) is 0 Å². The third-order valence-corrected chi connectivity index (χ3v) is 4.49. The lowest BCUT2D eigenvalue weighted by molar-refractivity contribution is -0.114. The van der Waals surface area contributed by atoms with E-state index < -0.39 is 8.07 Å². The number of ketones is 1. The standard InChI is InChI=1S/C16H20O2Si/c1-11-14(12-8-6-5-7-9-12)13(10-19(2,3)4)16(18)15(11)17/h5-10,14,17H,1-4H3/b13-10-. The van der Waals surface area contributed by atoms with Crippen LogP contribution in [-0.4, -0.2) is 19.0 Å². The molecule has 0 radical (unpaired) electrons. The van der Waals surface area contributed by atoms with Crippen molar-refractivity contribution in [3.05, 3.63) is 58.5 Å². The molecule has 0 bridgehead atoms. The number of allylic oxidation sites excluding steroid dienone is 2. The molecule has 3 heteroatoms. The Morgan fingerprint density at radius 3 is 2.26 bits per heavy atom. The highest BCUT2D eigenvalue weighted by Gasteiger charge is 2.36. The fourth-order valence-electron chi connectivity index (χ4n) is 2.51. The van der Waals surface area contributed by atoms with E-state index >= 15 is 0 Å². The van der Waals surface area contributed by atoms with E-state index in [-0.39, 0.29) is 17.5 Å². The van der Waals surface area contributed by atoms with E-state index in [1.165, 1.54) is 0 Å². The molecule has 1 aliphatic carbocycles. The number of aliphatic hydroxyl groups excluding tert-OH is 1. The summed E-state index contributed by atoms with van der Waals surface area (Å²) in [7, 11) is -1.52. The summed E-state index contributed by atoms with van der Waals surface area (Å²) < 4.78 is 0. The number of hydrogen-bond acceptors (Lipinski definition) is 2. The van der Waals surface area contributed by atoms with Crippen LogP contribution in [0.4, 0.5) is 0 Å². The monoisotopic (exact) mass is 272 g/mol. The second-order valence-electron chi connectivity index (χ2n) is 6.17. The molecule has 0 saturated carbocycles. The molecule has 0 heterocycles. The van der Waals surface area contributed by atoms with Crippen LogP contribution in [-0.2, 0) is 4.79 Å². The minimum absolute atomic E-state index is 0.0710. The van der Waals surface area contributed by atoms with Gasteiger partial charge in [-0.3, -0.25) is 4.79 Å². The van der Waals surface area contributed by atoms with Crippen molar-refractivity contribution in [1.82, 2.24) is 0 Å². The molecule has 1 atom stereocenters. The smallest absolute Gasteiger partial charge is 0.223 e. The van der Waals surface area contributed by atoms with Crippen LogP contribution >= 0.6 is 0 Å². The molecular weight excluding hydrogens is 252 g/mol. The largest absolute Gasteiger partial charge is 0.504 e. The van der Waals surface area contributed by atoms with Crippen LogP contribution in [0, 0.1) is 0 Å². The first-order valence-corrected chi connectivity index (χ1v) is 10.1. The van der Waals surface area contributed by atoms with E-state index in [0.29, 0.717) is 0 Å². The normalized spacial score (nSPS) is 22.4. The fourth-order valence-corrected chi connectivity index (χ4v) is 3.74. The summed E-state index contributed by atoms with van der Waals surface area (Å²) >= 11 is 0. The zero-order chi connectivity index (χ0) is 14.2. The van der Waals surface area contributed by atoms with Crippen LogP contribution in [0.25, 0.3) is 0 Å². The highest BCUT2D eigenvalue weighted by molar-refractivity contribution is 6.81. The van der Waals surface area contributed by atoms with Gasteiger partial charge in [0.2, 0.25) is 5.78 Å². The van der Waals surface area contributed by atoms with Crippen LogP contribution < -0.4 is 0 Å². The molecule has 0 aromatic heterocycles. The maximum Gasteiger partial charge on any atom is 0.223 e. The molecule has 2 rings (SSSR count). The molecule has 1 aromatic rings. The minimum Gasteiger partial charge on any atom is -0.504 e. The Hall–Kier alpha value is -1.61. The summed E-state index contributed by atoms with van der Waals surface area (Å²) in [5.41, 5.74) is 4.70. The third-order valence-electron chi connectivity index (χ3n) is 3.32. The SMILES string of the molecule is CC1=C(O)C(=O)/C(=C\[Si](C)(C)C)C1c1ccccc1. The van der Waals surface area contributed by atoms with Crippen molar-refractivity contribution in [1.29, 1.82) is 0 Å². The van der Waals surface area contributed by atoms with E-state index in [4.69, 9.17) is 0 Å². The average molecular weight is 272 g/mol. The maximum absolute atomic E-state index is 12.2. The summed E-state index contributed by atoms with van der Waals surface area (Å²) in [4.78, 5) is 12.2. The van der Waals surface area contributed by atoms with Crippen LogP contribution in [0.3, 0.4) is 0 Å². The zero-order valence-electron chi connectivity index (χ0n) is 11.9. The number of aliphatic hydroxyl groups is 1. The average Bonchev–Trinajstić information content (AvgIpc) is 2.54. The van der Waals surface area contributed by atoms with Crippen molar-refractivity contribution in [2.24, 2.45) is 0 Å². The van der Waals surface area contributed by atoms with Crippen molar-refractivity contribution in [3.8, 4) is 0 Å². The van der Waals surface area contributed by atoms with Gasteiger partial charge in [-0.1, -0.05) is 55.7 Å². The Morgan fingerprint density at radius 2 is 1.74 bits per heavy atom. The van der Waals surface area contributed by atoms with E-state index in [0.717, 1.165) is 16.7 Å². The van der Waals surface area contributed by atoms with Crippen LogP contribution in [0.2, 0.25) is 19.6 Å². The van der Waals surface area contributed by atoms with E-state index in [2.05, 4.69) is 25.3 Å². The first-order chi connectivity index (χ1) is 8.81. The Bertz CT molecular complexity index is 562. The van der Waals surface area contributed by atoms with Gasteiger partial charge in [0, 0.05) is 11.5 Å². The van der Waals surface area contributed by atoms with Crippen LogP contribution in [0.1, 0.15) is 18.4 Å². The number of carbonyl (C=O) groups is 1. The maximum atomic E-state index is 12.2. The van der Waals surface area contributed by atoms with Gasteiger partial charge in [-0.05, 0) is 18.1 Å². The number of benzene rings is 1. The van der Waals surface area contributed by atoms with Gasteiger partial charge in [-0.2, -0.15) is 0 Å². The Morgan fingerprint density at radius 1 is 1.16 bits per heavy atom. The van der Waals surface area contributed by atoms with Crippen molar-refractivity contribution in [3.63, 3.8) is 0 Å². The second kappa shape index (κ2) is 4.81. The first kappa shape index (κ1) is 13.8. The lowest BCUT2D eigenvalue weighted by Crippen LogP contribution is -2.20. The number of rotatable bonds is 2. The van der Waals surface area contributed by atoms with E-state index in [1.807, 2.05) is 37.3 Å². The molecule has 19 heavy (non-hydrogen) atoms. The summed E-state index contributed by atoms with van der Waals surface area (Å²) in [5.74, 6) is -0.354. The summed E-state index contributed by atoms with van der Waals surface area (Å²) in [6.45, 7) is 8.43. The van der Waals surface area contributed by atoms with Gasteiger partial charge >= 0.3 is 0 Å².